The standard InChI is InChI=1S/C12H16N8/c1-19-10-6-4-3-5-8(10)12(17-19)9(14-13)7-11-15-18-20(2)16-11/h3-6,9,14H,7,13H2,1-2H3. The van der Waals surface area contributed by atoms with Crippen molar-refractivity contribution in [3.05, 3.63) is 35.8 Å². The minimum Gasteiger partial charge on any atom is -0.271 e. The van der Waals surface area contributed by atoms with E-state index in [1.54, 1.807) is 7.05 Å². The van der Waals surface area contributed by atoms with Gasteiger partial charge < -0.3 is 0 Å². The molecule has 0 spiro atoms. The highest BCUT2D eigenvalue weighted by molar-refractivity contribution is 5.82. The minimum atomic E-state index is -0.162. The highest BCUT2D eigenvalue weighted by Crippen LogP contribution is 2.24. The summed E-state index contributed by atoms with van der Waals surface area (Å²) in [6.45, 7) is 0. The Hall–Kier alpha value is -2.32. The summed E-state index contributed by atoms with van der Waals surface area (Å²) in [7, 11) is 3.65. The van der Waals surface area contributed by atoms with Gasteiger partial charge in [0.1, 0.15) is 0 Å². The molecule has 3 aromatic rings. The number of nitrogens with two attached hydrogens (primary N) is 1. The van der Waals surface area contributed by atoms with Gasteiger partial charge in [0.15, 0.2) is 5.82 Å². The van der Waals surface area contributed by atoms with Crippen molar-refractivity contribution >= 4 is 10.9 Å². The Kier molecular flexibility index (Phi) is 3.17. The van der Waals surface area contributed by atoms with Crippen molar-refractivity contribution < 1.29 is 0 Å². The number of para-hydroxylation sites is 1. The fourth-order valence-electron chi connectivity index (χ4n) is 2.32. The molecule has 3 rings (SSSR count). The molecule has 0 bridgehead atoms. The number of aromatic nitrogens is 6. The van der Waals surface area contributed by atoms with Gasteiger partial charge in [0.2, 0.25) is 0 Å². The quantitative estimate of drug-likeness (QED) is 0.506. The topological polar surface area (TPSA) is 99.5 Å². The Labute approximate surface area is 115 Å². The van der Waals surface area contributed by atoms with Crippen LogP contribution in [0.25, 0.3) is 10.9 Å². The molecule has 0 aliphatic heterocycles. The normalized spacial score (nSPS) is 12.9. The summed E-state index contributed by atoms with van der Waals surface area (Å²) >= 11 is 0. The van der Waals surface area contributed by atoms with Gasteiger partial charge in [-0.3, -0.25) is 16.0 Å². The van der Waals surface area contributed by atoms with E-state index in [2.05, 4.69) is 25.9 Å². The zero-order chi connectivity index (χ0) is 14.1. The van der Waals surface area contributed by atoms with E-state index in [1.165, 1.54) is 4.80 Å². The predicted octanol–water partition coefficient (Wildman–Crippen LogP) is -0.156. The molecule has 0 aliphatic rings. The smallest absolute Gasteiger partial charge is 0.176 e. The molecule has 0 amide bonds. The van der Waals surface area contributed by atoms with Gasteiger partial charge in [-0.2, -0.15) is 9.90 Å². The predicted molar refractivity (Wildman–Crippen MR) is 73.3 cm³/mol. The van der Waals surface area contributed by atoms with Crippen LogP contribution in [0.1, 0.15) is 17.6 Å². The molecule has 2 aromatic heterocycles. The summed E-state index contributed by atoms with van der Waals surface area (Å²) in [5.74, 6) is 6.31. The van der Waals surface area contributed by atoms with E-state index in [-0.39, 0.29) is 6.04 Å². The SMILES string of the molecule is Cn1nnc(CC(NN)c2nn(C)c3ccccc23)n1. The second kappa shape index (κ2) is 4.99. The maximum Gasteiger partial charge on any atom is 0.176 e. The first-order chi connectivity index (χ1) is 9.69. The van der Waals surface area contributed by atoms with E-state index in [0.29, 0.717) is 12.2 Å². The maximum atomic E-state index is 5.68. The Morgan fingerprint density at radius 2 is 2.05 bits per heavy atom. The van der Waals surface area contributed by atoms with E-state index < -0.39 is 0 Å². The highest BCUT2D eigenvalue weighted by Gasteiger charge is 2.20. The molecule has 1 unspecified atom stereocenters. The Bertz CT molecular complexity index is 728. The Morgan fingerprint density at radius 3 is 2.75 bits per heavy atom. The molecule has 0 saturated carbocycles. The van der Waals surface area contributed by atoms with Crippen LogP contribution in [0, 0.1) is 0 Å². The lowest BCUT2D eigenvalue weighted by molar-refractivity contribution is 0.519. The van der Waals surface area contributed by atoms with Gasteiger partial charge in [0, 0.05) is 18.9 Å². The molecule has 0 fully saturated rings. The fourth-order valence-corrected chi connectivity index (χ4v) is 2.32. The van der Waals surface area contributed by atoms with E-state index in [1.807, 2.05) is 36.0 Å². The average molecular weight is 272 g/mol. The lowest BCUT2D eigenvalue weighted by atomic mass is 10.1. The lowest BCUT2D eigenvalue weighted by Crippen LogP contribution is -2.30. The van der Waals surface area contributed by atoms with Crippen LogP contribution in [-0.2, 0) is 20.5 Å². The van der Waals surface area contributed by atoms with Crippen LogP contribution in [0.5, 0.6) is 0 Å². The third-order valence-corrected chi connectivity index (χ3v) is 3.25. The molecule has 8 nitrogen and oxygen atoms in total. The third-order valence-electron chi connectivity index (χ3n) is 3.25. The summed E-state index contributed by atoms with van der Waals surface area (Å²) in [5.41, 5.74) is 4.74. The van der Waals surface area contributed by atoms with Crippen LogP contribution in [0.3, 0.4) is 0 Å². The molecular formula is C12H16N8. The van der Waals surface area contributed by atoms with Gasteiger partial charge in [-0.05, 0) is 11.3 Å². The first-order valence-corrected chi connectivity index (χ1v) is 6.29. The number of tetrazole rings is 1. The molecular weight excluding hydrogens is 256 g/mol. The van der Waals surface area contributed by atoms with E-state index in [0.717, 1.165) is 16.6 Å². The van der Waals surface area contributed by atoms with Gasteiger partial charge in [-0.15, -0.1) is 10.2 Å². The van der Waals surface area contributed by atoms with Gasteiger partial charge in [-0.25, -0.2) is 0 Å². The number of rotatable bonds is 4. The summed E-state index contributed by atoms with van der Waals surface area (Å²) in [4.78, 5) is 1.43. The monoisotopic (exact) mass is 272 g/mol. The number of nitrogens with zero attached hydrogens (tertiary/aromatic N) is 6. The number of aryl methyl sites for hydroxylation is 2. The molecule has 0 saturated heterocycles. The van der Waals surface area contributed by atoms with Crippen LogP contribution in [0.2, 0.25) is 0 Å². The maximum absolute atomic E-state index is 5.68. The summed E-state index contributed by atoms with van der Waals surface area (Å²) in [6.07, 6.45) is 0.533. The number of fused-ring (bicyclic) bond motifs is 1. The van der Waals surface area contributed by atoms with Crippen molar-refractivity contribution in [2.24, 2.45) is 19.9 Å². The number of hydrogen-bond acceptors (Lipinski definition) is 6. The van der Waals surface area contributed by atoms with Crippen molar-refractivity contribution in [2.75, 3.05) is 0 Å². The van der Waals surface area contributed by atoms with Crippen molar-refractivity contribution in [1.82, 2.24) is 35.4 Å². The average Bonchev–Trinajstić information content (AvgIpc) is 3.01. The van der Waals surface area contributed by atoms with Gasteiger partial charge in [0.25, 0.3) is 0 Å². The van der Waals surface area contributed by atoms with Gasteiger partial charge in [-0.1, -0.05) is 18.2 Å². The lowest BCUT2D eigenvalue weighted by Gasteiger charge is -2.11. The van der Waals surface area contributed by atoms with E-state index >= 15 is 0 Å². The second-order valence-electron chi connectivity index (χ2n) is 4.64. The molecule has 0 radical (unpaired) electrons. The number of nitrogens with one attached hydrogen (secondary N) is 1. The van der Waals surface area contributed by atoms with Crippen molar-refractivity contribution in [1.29, 1.82) is 0 Å². The van der Waals surface area contributed by atoms with Crippen molar-refractivity contribution in [3.63, 3.8) is 0 Å². The molecule has 2 heterocycles. The van der Waals surface area contributed by atoms with Crippen LogP contribution in [-0.4, -0.2) is 30.0 Å². The number of hydrogen-bond donors (Lipinski definition) is 2. The molecule has 104 valence electrons. The van der Waals surface area contributed by atoms with Crippen molar-refractivity contribution in [2.45, 2.75) is 12.5 Å². The molecule has 1 aromatic carbocycles. The van der Waals surface area contributed by atoms with Gasteiger partial charge >= 0.3 is 0 Å². The highest BCUT2D eigenvalue weighted by atomic mass is 15.6. The summed E-state index contributed by atoms with van der Waals surface area (Å²) in [6, 6.07) is 7.88. The Balaban J connectivity index is 1.99. The Morgan fingerprint density at radius 1 is 1.25 bits per heavy atom. The largest absolute Gasteiger partial charge is 0.271 e. The second-order valence-corrected chi connectivity index (χ2v) is 4.64. The minimum absolute atomic E-state index is 0.162. The molecule has 3 N–H and O–H groups in total. The molecule has 8 heteroatoms. The van der Waals surface area contributed by atoms with Crippen LogP contribution in [0.15, 0.2) is 24.3 Å². The first kappa shape index (κ1) is 12.7. The first-order valence-electron chi connectivity index (χ1n) is 6.29. The number of benzene rings is 1. The van der Waals surface area contributed by atoms with E-state index in [9.17, 15) is 0 Å². The third kappa shape index (κ3) is 2.15. The van der Waals surface area contributed by atoms with Crippen LogP contribution < -0.4 is 11.3 Å². The fraction of sp³-hybridized carbons (Fsp3) is 0.333. The molecule has 20 heavy (non-hydrogen) atoms. The van der Waals surface area contributed by atoms with Gasteiger partial charge in [0.05, 0.1) is 24.3 Å². The number of hydrazine groups is 1. The summed E-state index contributed by atoms with van der Waals surface area (Å²) in [5, 5.41) is 17.6. The summed E-state index contributed by atoms with van der Waals surface area (Å²) < 4.78 is 1.85. The van der Waals surface area contributed by atoms with Crippen molar-refractivity contribution in [3.8, 4) is 0 Å². The molecule has 0 aliphatic carbocycles. The van der Waals surface area contributed by atoms with Crippen LogP contribution in [0.4, 0.5) is 0 Å². The zero-order valence-electron chi connectivity index (χ0n) is 11.4. The van der Waals surface area contributed by atoms with E-state index in [4.69, 9.17) is 5.84 Å². The van der Waals surface area contributed by atoms with Crippen LogP contribution >= 0.6 is 0 Å². The zero-order valence-corrected chi connectivity index (χ0v) is 11.4. The molecule has 1 atom stereocenters.